The molecular formula is C21H15N5O7S. The van der Waals surface area contributed by atoms with E-state index in [1.165, 1.54) is 42.5 Å². The van der Waals surface area contributed by atoms with E-state index in [-0.39, 0.29) is 40.2 Å². The first-order valence-corrected chi connectivity index (χ1v) is 11.1. The third kappa shape index (κ3) is 5.05. The Balaban J connectivity index is 1.49. The van der Waals surface area contributed by atoms with Gasteiger partial charge in [-0.15, -0.1) is 0 Å². The van der Waals surface area contributed by atoms with Crippen molar-refractivity contribution in [2.45, 2.75) is 11.5 Å². The summed E-state index contributed by atoms with van der Waals surface area (Å²) in [6, 6.07) is 13.7. The zero-order chi connectivity index (χ0) is 24.1. The van der Waals surface area contributed by atoms with E-state index in [1.54, 1.807) is 24.5 Å². The molecule has 0 saturated carbocycles. The van der Waals surface area contributed by atoms with Crippen LogP contribution in [0, 0.1) is 10.1 Å². The van der Waals surface area contributed by atoms with Gasteiger partial charge in [-0.2, -0.15) is 4.98 Å². The van der Waals surface area contributed by atoms with Crippen LogP contribution in [0.3, 0.4) is 0 Å². The summed E-state index contributed by atoms with van der Waals surface area (Å²) in [4.78, 5) is 30.6. The third-order valence-electron chi connectivity index (χ3n) is 4.44. The number of esters is 1. The predicted molar refractivity (Wildman–Crippen MR) is 117 cm³/mol. The monoisotopic (exact) mass is 481 g/mol. The molecule has 12 nitrogen and oxygen atoms in total. The van der Waals surface area contributed by atoms with Crippen LogP contribution in [0.5, 0.6) is 0 Å². The molecule has 0 fully saturated rings. The third-order valence-corrected chi connectivity index (χ3v) is 5.81. The summed E-state index contributed by atoms with van der Waals surface area (Å²) < 4.78 is 38.0. The molecule has 0 aliphatic carbocycles. The number of pyridine rings is 1. The summed E-state index contributed by atoms with van der Waals surface area (Å²) in [6.07, 6.45) is 3.14. The average molecular weight is 481 g/mol. The lowest BCUT2D eigenvalue weighted by molar-refractivity contribution is -0.385. The average Bonchev–Trinajstić information content (AvgIpc) is 3.32. The van der Waals surface area contributed by atoms with Crippen molar-refractivity contribution in [2.24, 2.45) is 0 Å². The molecule has 0 radical (unpaired) electrons. The Bertz CT molecular complexity index is 1460. The molecule has 172 valence electrons. The summed E-state index contributed by atoms with van der Waals surface area (Å²) >= 11 is 0. The lowest BCUT2D eigenvalue weighted by Crippen LogP contribution is -2.16. The van der Waals surface area contributed by atoms with Crippen LogP contribution in [0.15, 0.2) is 82.5 Å². The fourth-order valence-corrected chi connectivity index (χ4v) is 3.97. The molecule has 0 atom stereocenters. The van der Waals surface area contributed by atoms with Crippen LogP contribution in [0.25, 0.3) is 11.4 Å². The first-order valence-electron chi connectivity index (χ1n) is 9.60. The van der Waals surface area contributed by atoms with Crippen LogP contribution in [-0.4, -0.2) is 34.4 Å². The summed E-state index contributed by atoms with van der Waals surface area (Å²) in [5, 5.41) is 14.8. The molecule has 13 heteroatoms. The van der Waals surface area contributed by atoms with Gasteiger partial charge in [0.15, 0.2) is 6.61 Å². The molecule has 0 aliphatic rings. The molecule has 0 bridgehead atoms. The van der Waals surface area contributed by atoms with Crippen molar-refractivity contribution in [3.63, 3.8) is 0 Å². The molecule has 34 heavy (non-hydrogen) atoms. The Morgan fingerprint density at radius 2 is 1.94 bits per heavy atom. The molecule has 4 rings (SSSR count). The van der Waals surface area contributed by atoms with E-state index in [0.717, 1.165) is 6.07 Å². The van der Waals surface area contributed by atoms with Gasteiger partial charge in [0.25, 0.3) is 21.6 Å². The maximum absolute atomic E-state index is 12.7. The second kappa shape index (κ2) is 9.46. The van der Waals surface area contributed by atoms with Gasteiger partial charge in [0.1, 0.15) is 0 Å². The highest BCUT2D eigenvalue weighted by Gasteiger charge is 2.22. The number of nitro benzene ring substituents is 1. The summed E-state index contributed by atoms with van der Waals surface area (Å²) in [5.41, 5.74) is 0.0783. The highest BCUT2D eigenvalue weighted by molar-refractivity contribution is 7.92. The lowest BCUT2D eigenvalue weighted by Gasteiger charge is -2.12. The second-order valence-corrected chi connectivity index (χ2v) is 8.42. The van der Waals surface area contributed by atoms with Gasteiger partial charge in [-0.25, -0.2) is 13.2 Å². The topological polar surface area (TPSA) is 167 Å². The van der Waals surface area contributed by atoms with E-state index in [0.29, 0.717) is 5.56 Å². The van der Waals surface area contributed by atoms with Crippen LogP contribution in [-0.2, 0) is 21.4 Å². The number of ether oxygens (including phenoxy) is 1. The van der Waals surface area contributed by atoms with Crippen LogP contribution >= 0.6 is 0 Å². The van der Waals surface area contributed by atoms with Crippen LogP contribution < -0.4 is 4.72 Å². The number of hydrogen-bond acceptors (Lipinski definition) is 10. The minimum atomic E-state index is -4.23. The van der Waals surface area contributed by atoms with Gasteiger partial charge >= 0.3 is 5.97 Å². The van der Waals surface area contributed by atoms with Crippen LogP contribution in [0.4, 0.5) is 11.4 Å². The Morgan fingerprint density at radius 1 is 1.12 bits per heavy atom. The van der Waals surface area contributed by atoms with Crippen LogP contribution in [0.1, 0.15) is 16.2 Å². The number of para-hydroxylation sites is 1. The molecule has 0 unspecified atom stereocenters. The maximum Gasteiger partial charge on any atom is 0.340 e. The number of nitro groups is 1. The Labute approximate surface area is 192 Å². The van der Waals surface area contributed by atoms with Crippen molar-refractivity contribution in [2.75, 3.05) is 4.72 Å². The first-order chi connectivity index (χ1) is 16.3. The van der Waals surface area contributed by atoms with Crippen molar-refractivity contribution >= 4 is 27.4 Å². The number of hydrogen-bond donors (Lipinski definition) is 1. The highest BCUT2D eigenvalue weighted by atomic mass is 32.2. The van der Waals surface area contributed by atoms with E-state index >= 15 is 0 Å². The first kappa shape index (κ1) is 22.5. The van der Waals surface area contributed by atoms with E-state index in [9.17, 15) is 23.3 Å². The molecule has 0 aliphatic heterocycles. The Morgan fingerprint density at radius 3 is 2.71 bits per heavy atom. The van der Waals surface area contributed by atoms with Crippen molar-refractivity contribution in [3.8, 4) is 11.4 Å². The smallest absolute Gasteiger partial charge is 0.340 e. The number of carbonyl (C=O) groups is 1. The predicted octanol–water partition coefficient (Wildman–Crippen LogP) is 3.20. The SMILES string of the molecule is O=C(OCc1nc(-c2cccnc2)no1)c1ccccc1NS(=O)(=O)c1cccc([N+](=O)[O-])c1. The molecular weight excluding hydrogens is 466 g/mol. The Kier molecular flexibility index (Phi) is 6.27. The van der Waals surface area contributed by atoms with Gasteiger partial charge < -0.3 is 9.26 Å². The fraction of sp³-hybridized carbons (Fsp3) is 0.0476. The lowest BCUT2D eigenvalue weighted by atomic mass is 10.2. The van der Waals surface area contributed by atoms with Crippen molar-refractivity contribution in [1.82, 2.24) is 15.1 Å². The van der Waals surface area contributed by atoms with Gasteiger partial charge in [-0.05, 0) is 30.3 Å². The van der Waals surface area contributed by atoms with Gasteiger partial charge in [0.2, 0.25) is 5.82 Å². The molecule has 0 spiro atoms. The quantitative estimate of drug-likeness (QED) is 0.224. The fourth-order valence-electron chi connectivity index (χ4n) is 2.85. The highest BCUT2D eigenvalue weighted by Crippen LogP contribution is 2.24. The van der Waals surface area contributed by atoms with Crippen molar-refractivity contribution in [1.29, 1.82) is 0 Å². The minimum absolute atomic E-state index is 0.0295. The van der Waals surface area contributed by atoms with E-state index in [4.69, 9.17) is 9.26 Å². The number of aromatic nitrogens is 3. The van der Waals surface area contributed by atoms with E-state index in [1.807, 2.05) is 0 Å². The number of non-ortho nitro benzene ring substituents is 1. The number of benzene rings is 2. The van der Waals surface area contributed by atoms with Crippen molar-refractivity contribution < 1.29 is 27.4 Å². The van der Waals surface area contributed by atoms with Gasteiger partial charge in [0, 0.05) is 30.1 Å². The molecule has 2 heterocycles. The van der Waals surface area contributed by atoms with Gasteiger partial charge in [-0.1, -0.05) is 23.4 Å². The summed E-state index contributed by atoms with van der Waals surface area (Å²) in [7, 11) is -4.23. The number of carbonyl (C=O) groups excluding carboxylic acids is 1. The van der Waals surface area contributed by atoms with Crippen molar-refractivity contribution in [3.05, 3.63) is 94.6 Å². The van der Waals surface area contributed by atoms with Gasteiger partial charge in [0.05, 0.1) is 21.1 Å². The molecule has 0 saturated heterocycles. The molecule has 2 aromatic heterocycles. The maximum atomic E-state index is 12.7. The Hall–Kier alpha value is -4.65. The number of nitrogens with zero attached hydrogens (tertiary/aromatic N) is 4. The largest absolute Gasteiger partial charge is 0.452 e. The summed E-state index contributed by atoms with van der Waals surface area (Å²) in [5.74, 6) is -0.551. The molecule has 2 aromatic carbocycles. The second-order valence-electron chi connectivity index (χ2n) is 6.74. The zero-order valence-corrected chi connectivity index (χ0v) is 18.0. The molecule has 4 aromatic rings. The minimum Gasteiger partial charge on any atom is -0.452 e. The van der Waals surface area contributed by atoms with E-state index in [2.05, 4.69) is 19.8 Å². The van der Waals surface area contributed by atoms with E-state index < -0.39 is 20.9 Å². The number of anilines is 1. The standard InChI is InChI=1S/C21H15N5O7S/c27-21(32-13-19-23-20(24-33-19)14-5-4-10-22-12-14)17-8-1-2-9-18(17)25-34(30,31)16-7-3-6-15(11-16)26(28)29/h1-12,25H,13H2. The normalized spacial score (nSPS) is 11.1. The van der Waals surface area contributed by atoms with Gasteiger partial charge in [-0.3, -0.25) is 19.8 Å². The number of rotatable bonds is 8. The summed E-state index contributed by atoms with van der Waals surface area (Å²) in [6.45, 7) is -0.349. The number of sulfonamides is 1. The molecule has 0 amide bonds. The number of nitrogens with one attached hydrogen (secondary N) is 1. The zero-order valence-electron chi connectivity index (χ0n) is 17.2. The van der Waals surface area contributed by atoms with Crippen LogP contribution in [0.2, 0.25) is 0 Å². The molecule has 1 N–H and O–H groups in total.